The minimum atomic E-state index is -0.173. The highest BCUT2D eigenvalue weighted by Crippen LogP contribution is 2.35. The molecule has 4 nitrogen and oxygen atoms in total. The van der Waals surface area contributed by atoms with Crippen molar-refractivity contribution in [1.29, 1.82) is 0 Å². The molecule has 1 N–H and O–H groups in total. The molecule has 0 aromatic heterocycles. The van der Waals surface area contributed by atoms with Crippen LogP contribution >= 0.6 is 0 Å². The van der Waals surface area contributed by atoms with Crippen LogP contribution in [-0.4, -0.2) is 42.6 Å². The number of nitrogens with zero attached hydrogens (tertiary/aromatic N) is 2. The number of anilines is 1. The molecule has 2 saturated heterocycles. The fraction of sp³-hybridized carbons (Fsp3) is 0.696. The summed E-state index contributed by atoms with van der Waals surface area (Å²) in [6, 6.07) is 10.4. The van der Waals surface area contributed by atoms with Gasteiger partial charge < -0.3 is 15.1 Å². The van der Waals surface area contributed by atoms with E-state index in [-0.39, 0.29) is 11.6 Å². The molecule has 2 aliphatic heterocycles. The number of rotatable bonds is 3. The van der Waals surface area contributed by atoms with Crippen molar-refractivity contribution in [3.63, 3.8) is 0 Å². The van der Waals surface area contributed by atoms with E-state index in [9.17, 15) is 4.79 Å². The molecule has 0 unspecified atom stereocenters. The standard InChI is InChI=1S/C23H35N3O/c27-22-19-26(21-12-8-5-9-13-21)23(24-22)14-16-25(17-15-23)18-20-10-6-3-1-2-4-7-11-20/h5,8-9,12-13,20H,1-4,6-7,10-11,14-19H2,(H,24,27). The van der Waals surface area contributed by atoms with Crippen molar-refractivity contribution >= 4 is 11.6 Å². The monoisotopic (exact) mass is 369 g/mol. The van der Waals surface area contributed by atoms with Crippen LogP contribution in [0.2, 0.25) is 0 Å². The van der Waals surface area contributed by atoms with Crippen LogP contribution in [-0.2, 0) is 4.79 Å². The summed E-state index contributed by atoms with van der Waals surface area (Å²) in [5, 5.41) is 3.33. The molecule has 0 bridgehead atoms. The Kier molecular flexibility index (Phi) is 6.01. The molecule has 0 atom stereocenters. The van der Waals surface area contributed by atoms with Crippen LogP contribution in [0.25, 0.3) is 0 Å². The van der Waals surface area contributed by atoms with Crippen LogP contribution in [0.5, 0.6) is 0 Å². The van der Waals surface area contributed by atoms with Gasteiger partial charge in [0.2, 0.25) is 5.91 Å². The van der Waals surface area contributed by atoms with E-state index in [1.54, 1.807) is 0 Å². The zero-order valence-corrected chi connectivity index (χ0v) is 16.7. The molecule has 1 aromatic rings. The van der Waals surface area contributed by atoms with Crippen LogP contribution in [0.4, 0.5) is 5.69 Å². The van der Waals surface area contributed by atoms with Crippen molar-refractivity contribution in [1.82, 2.24) is 10.2 Å². The van der Waals surface area contributed by atoms with Gasteiger partial charge in [0.1, 0.15) is 5.66 Å². The van der Waals surface area contributed by atoms with Crippen molar-refractivity contribution < 1.29 is 4.79 Å². The van der Waals surface area contributed by atoms with Crippen LogP contribution in [0, 0.1) is 5.92 Å². The molecule has 1 saturated carbocycles. The molecule has 1 aliphatic carbocycles. The van der Waals surface area contributed by atoms with Gasteiger partial charge in [-0.3, -0.25) is 4.79 Å². The normalized spacial score (nSPS) is 25.0. The number of hydrogen-bond donors (Lipinski definition) is 1. The Morgan fingerprint density at radius 2 is 1.56 bits per heavy atom. The van der Waals surface area contributed by atoms with Gasteiger partial charge in [-0.05, 0) is 30.9 Å². The Bertz CT molecular complexity index is 599. The van der Waals surface area contributed by atoms with E-state index < -0.39 is 0 Å². The Morgan fingerprint density at radius 3 is 2.22 bits per heavy atom. The van der Waals surface area contributed by atoms with Gasteiger partial charge in [-0.2, -0.15) is 0 Å². The maximum atomic E-state index is 12.2. The van der Waals surface area contributed by atoms with Gasteiger partial charge in [-0.1, -0.05) is 56.7 Å². The highest BCUT2D eigenvalue weighted by molar-refractivity contribution is 5.86. The van der Waals surface area contributed by atoms with E-state index in [1.165, 1.54) is 63.6 Å². The SMILES string of the molecule is O=C1CN(c2ccccc2)C2(CCN(CC3CCCCCCCC3)CC2)N1. The van der Waals surface area contributed by atoms with Crippen molar-refractivity contribution in [3.05, 3.63) is 30.3 Å². The molecule has 27 heavy (non-hydrogen) atoms. The molecule has 148 valence electrons. The minimum absolute atomic E-state index is 0.170. The summed E-state index contributed by atoms with van der Waals surface area (Å²) in [6.45, 7) is 3.95. The van der Waals surface area contributed by atoms with Crippen molar-refractivity contribution in [2.24, 2.45) is 5.92 Å². The summed E-state index contributed by atoms with van der Waals surface area (Å²) in [7, 11) is 0. The van der Waals surface area contributed by atoms with E-state index in [0.29, 0.717) is 6.54 Å². The van der Waals surface area contributed by atoms with Gasteiger partial charge in [-0.15, -0.1) is 0 Å². The van der Waals surface area contributed by atoms with E-state index in [4.69, 9.17) is 0 Å². The largest absolute Gasteiger partial charge is 0.339 e. The number of piperidine rings is 1. The third-order valence-corrected chi connectivity index (χ3v) is 6.93. The van der Waals surface area contributed by atoms with Crippen LogP contribution in [0.15, 0.2) is 30.3 Å². The van der Waals surface area contributed by atoms with Gasteiger partial charge in [0.25, 0.3) is 0 Å². The first-order chi connectivity index (χ1) is 13.3. The molecule has 4 rings (SSSR count). The molecule has 2 heterocycles. The number of carbonyl (C=O) groups is 1. The Balaban J connectivity index is 1.36. The van der Waals surface area contributed by atoms with Gasteiger partial charge in [0.05, 0.1) is 6.54 Å². The lowest BCUT2D eigenvalue weighted by Gasteiger charge is -2.45. The topological polar surface area (TPSA) is 35.6 Å². The molecule has 4 heteroatoms. The number of nitrogens with one attached hydrogen (secondary N) is 1. The minimum Gasteiger partial charge on any atom is -0.339 e. The number of carbonyl (C=O) groups excluding carboxylic acids is 1. The summed E-state index contributed by atoms with van der Waals surface area (Å²) in [6.07, 6.45) is 13.4. The van der Waals surface area contributed by atoms with Crippen molar-refractivity contribution in [2.45, 2.75) is 69.9 Å². The predicted octanol–water partition coefficient (Wildman–Crippen LogP) is 4.17. The van der Waals surface area contributed by atoms with Crippen LogP contribution < -0.4 is 10.2 Å². The average Bonchev–Trinajstić information content (AvgIpc) is 3.07. The second kappa shape index (κ2) is 8.64. The lowest BCUT2D eigenvalue weighted by atomic mass is 9.92. The summed E-state index contributed by atoms with van der Waals surface area (Å²) in [4.78, 5) is 17.2. The third-order valence-electron chi connectivity index (χ3n) is 6.93. The fourth-order valence-corrected chi connectivity index (χ4v) is 5.37. The molecular formula is C23H35N3O. The van der Waals surface area contributed by atoms with Gasteiger partial charge in [0, 0.05) is 38.2 Å². The second-order valence-corrected chi connectivity index (χ2v) is 8.87. The smallest absolute Gasteiger partial charge is 0.241 e. The number of hydrogen-bond acceptors (Lipinski definition) is 3. The highest BCUT2D eigenvalue weighted by atomic mass is 16.2. The Morgan fingerprint density at radius 1 is 0.926 bits per heavy atom. The molecule has 0 radical (unpaired) electrons. The van der Waals surface area contributed by atoms with Gasteiger partial charge in [-0.25, -0.2) is 0 Å². The van der Waals surface area contributed by atoms with E-state index >= 15 is 0 Å². The Hall–Kier alpha value is -1.55. The van der Waals surface area contributed by atoms with E-state index in [2.05, 4.69) is 39.4 Å². The number of likely N-dealkylation sites (tertiary alicyclic amines) is 1. The lowest BCUT2D eigenvalue weighted by molar-refractivity contribution is -0.119. The molecule has 1 aromatic carbocycles. The molecule has 1 amide bonds. The van der Waals surface area contributed by atoms with Crippen LogP contribution in [0.3, 0.4) is 0 Å². The van der Waals surface area contributed by atoms with Crippen molar-refractivity contribution in [3.8, 4) is 0 Å². The highest BCUT2D eigenvalue weighted by Gasteiger charge is 2.46. The zero-order chi connectivity index (χ0) is 18.5. The predicted molar refractivity (Wildman–Crippen MR) is 111 cm³/mol. The fourth-order valence-electron chi connectivity index (χ4n) is 5.37. The summed E-state index contributed by atoms with van der Waals surface area (Å²) in [5.74, 6) is 1.05. The quantitative estimate of drug-likeness (QED) is 0.869. The lowest BCUT2D eigenvalue weighted by Crippen LogP contribution is -2.59. The summed E-state index contributed by atoms with van der Waals surface area (Å²) >= 11 is 0. The molecular weight excluding hydrogens is 334 g/mol. The number of benzene rings is 1. The van der Waals surface area contributed by atoms with Gasteiger partial charge >= 0.3 is 0 Å². The van der Waals surface area contributed by atoms with Crippen molar-refractivity contribution in [2.75, 3.05) is 31.1 Å². The second-order valence-electron chi connectivity index (χ2n) is 8.87. The molecule has 3 fully saturated rings. The first kappa shape index (κ1) is 18.8. The van der Waals surface area contributed by atoms with E-state index in [0.717, 1.165) is 31.8 Å². The van der Waals surface area contributed by atoms with E-state index in [1.807, 2.05) is 6.07 Å². The first-order valence-electron chi connectivity index (χ1n) is 11.1. The Labute approximate surface area is 164 Å². The third kappa shape index (κ3) is 4.48. The average molecular weight is 370 g/mol. The maximum Gasteiger partial charge on any atom is 0.241 e. The zero-order valence-electron chi connectivity index (χ0n) is 16.7. The van der Waals surface area contributed by atoms with Crippen LogP contribution in [0.1, 0.15) is 64.2 Å². The maximum absolute atomic E-state index is 12.2. The number of amides is 1. The first-order valence-corrected chi connectivity index (χ1v) is 11.1. The van der Waals surface area contributed by atoms with Gasteiger partial charge in [0.15, 0.2) is 0 Å². The number of para-hydroxylation sites is 1. The molecule has 1 spiro atoms. The molecule has 3 aliphatic rings. The summed E-state index contributed by atoms with van der Waals surface area (Å²) in [5.41, 5.74) is 0.994. The summed E-state index contributed by atoms with van der Waals surface area (Å²) < 4.78 is 0.